The van der Waals surface area contributed by atoms with Gasteiger partial charge in [-0.15, -0.1) is 0 Å². The van der Waals surface area contributed by atoms with Crippen LogP contribution in [0.15, 0.2) is 66.2 Å². The number of hydrogen-bond acceptors (Lipinski definition) is 6. The van der Waals surface area contributed by atoms with Gasteiger partial charge in [-0.05, 0) is 86.2 Å². The number of rotatable bonds is 19. The highest BCUT2D eigenvalue weighted by Gasteiger charge is 2.09. The number of hydrogen-bond donors (Lipinski definition) is 0. The fraction of sp³-hybridized carbons (Fsp3) is 0.452. The molecule has 0 aromatic heterocycles. The molecule has 6 nitrogen and oxygen atoms in total. The Morgan fingerprint density at radius 1 is 0.784 bits per heavy atom. The van der Waals surface area contributed by atoms with E-state index in [2.05, 4.69) is 18.5 Å². The van der Waals surface area contributed by atoms with Crippen molar-refractivity contribution in [2.45, 2.75) is 71.1 Å². The van der Waals surface area contributed by atoms with Crippen LogP contribution in [0.2, 0.25) is 0 Å². The minimum Gasteiger partial charge on any atom is -0.494 e. The second-order valence-corrected chi connectivity index (χ2v) is 8.92. The summed E-state index contributed by atoms with van der Waals surface area (Å²) in [5, 5.41) is 0. The monoisotopic (exact) mass is 507 g/mol. The number of ether oxygens (including phenoxy) is 3. The summed E-state index contributed by atoms with van der Waals surface area (Å²) in [7, 11) is 0. The SMILES string of the molecule is C=CC(=O)OCCCCCCOc1ccc(C(=O)Oc2ccc(C=NCCCCCCCC)cc2)cc1. The molecule has 0 saturated heterocycles. The van der Waals surface area contributed by atoms with Crippen LogP contribution in [0.5, 0.6) is 11.5 Å². The highest BCUT2D eigenvalue weighted by atomic mass is 16.5. The molecule has 0 N–H and O–H groups in total. The second kappa shape index (κ2) is 18.8. The van der Waals surface area contributed by atoms with Crippen LogP contribution in [0.25, 0.3) is 0 Å². The molecule has 0 aliphatic heterocycles. The number of unbranched alkanes of at least 4 members (excludes halogenated alkanes) is 8. The Bertz CT molecular complexity index is 951. The summed E-state index contributed by atoms with van der Waals surface area (Å²) < 4.78 is 16.2. The molecule has 0 heterocycles. The van der Waals surface area contributed by atoms with E-state index in [4.69, 9.17) is 14.2 Å². The van der Waals surface area contributed by atoms with Crippen LogP contribution in [0.1, 0.15) is 87.1 Å². The summed E-state index contributed by atoms with van der Waals surface area (Å²) in [5.74, 6) is 0.416. The molecule has 37 heavy (non-hydrogen) atoms. The zero-order valence-corrected chi connectivity index (χ0v) is 22.2. The maximum Gasteiger partial charge on any atom is 0.343 e. The third kappa shape index (κ3) is 13.5. The molecule has 2 aromatic rings. The Balaban J connectivity index is 1.63. The van der Waals surface area contributed by atoms with E-state index in [-0.39, 0.29) is 5.97 Å². The van der Waals surface area contributed by atoms with E-state index in [9.17, 15) is 9.59 Å². The zero-order chi connectivity index (χ0) is 26.6. The molecule has 6 heteroatoms. The van der Waals surface area contributed by atoms with Crippen molar-refractivity contribution in [3.05, 3.63) is 72.3 Å². The van der Waals surface area contributed by atoms with Crippen molar-refractivity contribution in [2.24, 2.45) is 4.99 Å². The van der Waals surface area contributed by atoms with E-state index in [1.165, 1.54) is 38.2 Å². The molecule has 2 rings (SSSR count). The first kappa shape index (κ1) is 29.8. The van der Waals surface area contributed by atoms with Crippen molar-refractivity contribution in [2.75, 3.05) is 19.8 Å². The minimum atomic E-state index is -0.409. The molecule has 0 radical (unpaired) electrons. The molecule has 0 fully saturated rings. The number of esters is 2. The lowest BCUT2D eigenvalue weighted by molar-refractivity contribution is -0.137. The molecule has 0 atom stereocenters. The molecule has 0 saturated carbocycles. The van der Waals surface area contributed by atoms with Gasteiger partial charge in [0, 0.05) is 18.8 Å². The van der Waals surface area contributed by atoms with Crippen molar-refractivity contribution >= 4 is 18.2 Å². The van der Waals surface area contributed by atoms with Crippen LogP contribution < -0.4 is 9.47 Å². The van der Waals surface area contributed by atoms with Gasteiger partial charge in [0.2, 0.25) is 0 Å². The van der Waals surface area contributed by atoms with E-state index in [0.717, 1.165) is 44.2 Å². The number of nitrogens with zero attached hydrogens (tertiary/aromatic N) is 1. The third-order valence-corrected chi connectivity index (χ3v) is 5.78. The van der Waals surface area contributed by atoms with Gasteiger partial charge >= 0.3 is 11.9 Å². The standard InChI is InChI=1S/C31H41NO5/c1-3-5-6-7-8-11-22-32-25-26-14-18-29(19-15-26)37-31(34)27-16-20-28(21-17-27)35-23-12-9-10-13-24-36-30(33)4-2/h4,14-21,25H,2-3,5-13,22-24H2,1H3. The average molecular weight is 508 g/mol. The van der Waals surface area contributed by atoms with E-state index in [1.54, 1.807) is 36.4 Å². The quantitative estimate of drug-likeness (QED) is 0.0653. The number of carbonyl (C=O) groups is 2. The molecule has 200 valence electrons. The summed E-state index contributed by atoms with van der Waals surface area (Å²) in [4.78, 5) is 27.9. The minimum absolute atomic E-state index is 0.382. The predicted octanol–water partition coefficient (Wildman–Crippen LogP) is 7.35. The topological polar surface area (TPSA) is 74.2 Å². The summed E-state index contributed by atoms with van der Waals surface area (Å²) in [6.07, 6.45) is 14.3. The molecule has 0 aliphatic rings. The molecular formula is C31H41NO5. The van der Waals surface area contributed by atoms with Crippen LogP contribution in [0, 0.1) is 0 Å². The highest BCUT2D eigenvalue weighted by molar-refractivity contribution is 5.91. The summed E-state index contributed by atoms with van der Waals surface area (Å²) in [6, 6.07) is 14.3. The van der Waals surface area contributed by atoms with Gasteiger partial charge in [-0.2, -0.15) is 0 Å². The smallest absolute Gasteiger partial charge is 0.343 e. The summed E-state index contributed by atoms with van der Waals surface area (Å²) in [5.41, 5.74) is 1.45. The van der Waals surface area contributed by atoms with E-state index >= 15 is 0 Å². The summed E-state index contributed by atoms with van der Waals surface area (Å²) in [6.45, 7) is 7.44. The molecule has 0 bridgehead atoms. The Hall–Kier alpha value is -3.41. The Kier molecular flexibility index (Phi) is 15.2. The van der Waals surface area contributed by atoms with Crippen molar-refractivity contribution in [3.8, 4) is 11.5 Å². The van der Waals surface area contributed by atoms with Crippen LogP contribution in [-0.4, -0.2) is 37.9 Å². The average Bonchev–Trinajstić information content (AvgIpc) is 2.92. The largest absolute Gasteiger partial charge is 0.494 e. The van der Waals surface area contributed by atoms with Crippen LogP contribution in [0.3, 0.4) is 0 Å². The van der Waals surface area contributed by atoms with Gasteiger partial charge in [-0.3, -0.25) is 4.99 Å². The third-order valence-electron chi connectivity index (χ3n) is 5.78. The van der Waals surface area contributed by atoms with Crippen LogP contribution >= 0.6 is 0 Å². The lowest BCUT2D eigenvalue weighted by Crippen LogP contribution is -2.08. The van der Waals surface area contributed by atoms with E-state index < -0.39 is 5.97 Å². The number of carbonyl (C=O) groups excluding carboxylic acids is 2. The molecule has 2 aromatic carbocycles. The summed E-state index contributed by atoms with van der Waals surface area (Å²) >= 11 is 0. The van der Waals surface area contributed by atoms with Gasteiger partial charge in [0.15, 0.2) is 0 Å². The van der Waals surface area contributed by atoms with Gasteiger partial charge in [-0.1, -0.05) is 45.6 Å². The maximum absolute atomic E-state index is 12.5. The van der Waals surface area contributed by atoms with Crippen molar-refractivity contribution in [3.63, 3.8) is 0 Å². The van der Waals surface area contributed by atoms with Crippen molar-refractivity contribution in [1.29, 1.82) is 0 Å². The fourth-order valence-corrected chi connectivity index (χ4v) is 3.61. The molecule has 0 unspecified atom stereocenters. The van der Waals surface area contributed by atoms with Gasteiger partial charge in [0.1, 0.15) is 11.5 Å². The first-order chi connectivity index (χ1) is 18.1. The fourth-order valence-electron chi connectivity index (χ4n) is 3.61. The predicted molar refractivity (Wildman–Crippen MR) is 149 cm³/mol. The Morgan fingerprint density at radius 3 is 2.11 bits per heavy atom. The number of benzene rings is 2. The van der Waals surface area contributed by atoms with Gasteiger partial charge in [0.25, 0.3) is 0 Å². The van der Waals surface area contributed by atoms with Gasteiger partial charge in [-0.25, -0.2) is 9.59 Å². The zero-order valence-electron chi connectivity index (χ0n) is 22.2. The van der Waals surface area contributed by atoms with Crippen LogP contribution in [-0.2, 0) is 9.53 Å². The maximum atomic E-state index is 12.5. The lowest BCUT2D eigenvalue weighted by Gasteiger charge is -2.08. The number of aliphatic imine (C=N–C) groups is 1. The molecule has 0 aliphatic carbocycles. The first-order valence-electron chi connectivity index (χ1n) is 13.5. The molecular weight excluding hydrogens is 466 g/mol. The lowest BCUT2D eigenvalue weighted by atomic mass is 10.1. The van der Waals surface area contributed by atoms with Gasteiger partial charge in [0.05, 0.1) is 18.8 Å². The Morgan fingerprint density at radius 2 is 1.41 bits per heavy atom. The van der Waals surface area contributed by atoms with Gasteiger partial charge < -0.3 is 14.2 Å². The molecule has 0 spiro atoms. The molecule has 0 amide bonds. The van der Waals surface area contributed by atoms with E-state index in [1.807, 2.05) is 18.3 Å². The first-order valence-corrected chi connectivity index (χ1v) is 13.5. The van der Waals surface area contributed by atoms with E-state index in [0.29, 0.717) is 30.3 Å². The van der Waals surface area contributed by atoms with Crippen molar-refractivity contribution in [1.82, 2.24) is 0 Å². The van der Waals surface area contributed by atoms with Crippen LogP contribution in [0.4, 0.5) is 0 Å². The van der Waals surface area contributed by atoms with Crippen molar-refractivity contribution < 1.29 is 23.8 Å². The Labute approximate surface area is 221 Å². The normalized spacial score (nSPS) is 10.8. The highest BCUT2D eigenvalue weighted by Crippen LogP contribution is 2.17. The second-order valence-electron chi connectivity index (χ2n) is 8.92.